The van der Waals surface area contributed by atoms with Gasteiger partial charge in [-0.15, -0.1) is 0 Å². The molecule has 0 saturated heterocycles. The van der Waals surface area contributed by atoms with E-state index in [0.717, 1.165) is 10.1 Å². The van der Waals surface area contributed by atoms with Gasteiger partial charge in [-0.1, -0.05) is 30.3 Å². The van der Waals surface area contributed by atoms with Gasteiger partial charge >= 0.3 is 5.69 Å². The third-order valence-electron chi connectivity index (χ3n) is 3.75. The number of nitrogens with one attached hydrogen (secondary N) is 3. The molecule has 0 radical (unpaired) electrons. The number of rotatable bonds is 7. The first-order valence-corrected chi connectivity index (χ1v) is 9.00. The number of hydrazine groups is 1. The lowest BCUT2D eigenvalue weighted by molar-refractivity contribution is -0.122. The minimum Gasteiger partial charge on any atom is -0.383 e. The van der Waals surface area contributed by atoms with Crippen LogP contribution in [0.1, 0.15) is 12.5 Å². The number of hydrogen-bond donors (Lipinski definition) is 3. The van der Waals surface area contributed by atoms with E-state index in [9.17, 15) is 14.4 Å². The van der Waals surface area contributed by atoms with Crippen LogP contribution in [0.3, 0.4) is 0 Å². The van der Waals surface area contributed by atoms with Crippen molar-refractivity contribution in [3.8, 4) is 0 Å². The zero-order valence-corrected chi connectivity index (χ0v) is 16.5. The molecule has 0 aliphatic rings. The van der Waals surface area contributed by atoms with E-state index < -0.39 is 23.7 Å². The maximum absolute atomic E-state index is 12.6. The maximum atomic E-state index is 12.6. The molecule has 3 N–H and O–H groups in total. The summed E-state index contributed by atoms with van der Waals surface area (Å²) in [6.07, 6.45) is 1.42. The van der Waals surface area contributed by atoms with Crippen LogP contribution in [0.15, 0.2) is 52.2 Å². The fourth-order valence-electron chi connectivity index (χ4n) is 2.46. The van der Waals surface area contributed by atoms with Crippen molar-refractivity contribution < 1.29 is 9.53 Å². The van der Waals surface area contributed by atoms with Gasteiger partial charge in [0.2, 0.25) is 0 Å². The van der Waals surface area contributed by atoms with Crippen molar-refractivity contribution in [3.63, 3.8) is 0 Å². The minimum atomic E-state index is -0.583. The van der Waals surface area contributed by atoms with Crippen LogP contribution in [0, 0.1) is 0 Å². The van der Waals surface area contributed by atoms with Gasteiger partial charge in [-0.2, -0.15) is 0 Å². The van der Waals surface area contributed by atoms with Crippen molar-refractivity contribution in [1.82, 2.24) is 25.3 Å². The summed E-state index contributed by atoms with van der Waals surface area (Å²) in [7, 11) is 1.57. The van der Waals surface area contributed by atoms with Crippen molar-refractivity contribution in [2.45, 2.75) is 26.1 Å². The molecule has 2 rings (SSSR count). The highest BCUT2D eigenvalue weighted by Gasteiger charge is 2.11. The number of nitrogens with zero attached hydrogens (tertiary/aromatic N) is 2. The van der Waals surface area contributed by atoms with Gasteiger partial charge in [0, 0.05) is 25.4 Å². The first kappa shape index (κ1) is 21.3. The van der Waals surface area contributed by atoms with Crippen molar-refractivity contribution in [2.75, 3.05) is 13.7 Å². The minimum absolute atomic E-state index is 0.0520. The van der Waals surface area contributed by atoms with E-state index in [-0.39, 0.29) is 11.2 Å². The highest BCUT2D eigenvalue weighted by molar-refractivity contribution is 7.80. The van der Waals surface area contributed by atoms with Crippen LogP contribution in [0.25, 0.3) is 0 Å². The summed E-state index contributed by atoms with van der Waals surface area (Å²) in [5.74, 6) is -0.583. The van der Waals surface area contributed by atoms with E-state index >= 15 is 0 Å². The van der Waals surface area contributed by atoms with E-state index in [2.05, 4.69) is 16.2 Å². The first-order chi connectivity index (χ1) is 13.4. The average Bonchev–Trinajstić information content (AvgIpc) is 2.67. The largest absolute Gasteiger partial charge is 0.383 e. The lowest BCUT2D eigenvalue weighted by atomic mass is 10.2. The van der Waals surface area contributed by atoms with E-state index in [1.807, 2.05) is 37.3 Å². The van der Waals surface area contributed by atoms with Crippen LogP contribution in [-0.2, 0) is 22.6 Å². The van der Waals surface area contributed by atoms with Crippen LogP contribution in [0.5, 0.6) is 0 Å². The number of benzene rings is 1. The van der Waals surface area contributed by atoms with Gasteiger partial charge in [-0.3, -0.25) is 29.6 Å². The predicted octanol–water partition coefficient (Wildman–Crippen LogP) is -0.411. The van der Waals surface area contributed by atoms with Gasteiger partial charge in [0.05, 0.1) is 13.2 Å². The molecule has 9 nitrogen and oxygen atoms in total. The Morgan fingerprint density at radius 1 is 1.18 bits per heavy atom. The second-order valence-corrected chi connectivity index (χ2v) is 6.55. The molecule has 0 bridgehead atoms. The molecule has 28 heavy (non-hydrogen) atoms. The molecule has 0 aliphatic carbocycles. The molecule has 1 aromatic carbocycles. The molecule has 2 aromatic rings. The van der Waals surface area contributed by atoms with Crippen molar-refractivity contribution in [3.05, 3.63) is 69.0 Å². The number of aromatic nitrogens is 2. The van der Waals surface area contributed by atoms with Crippen LogP contribution in [0.2, 0.25) is 0 Å². The smallest absolute Gasteiger partial charge is 0.331 e. The zero-order chi connectivity index (χ0) is 20.5. The topological polar surface area (TPSA) is 106 Å². The quantitative estimate of drug-likeness (QED) is 0.425. The van der Waals surface area contributed by atoms with E-state index in [1.165, 1.54) is 16.8 Å². The highest BCUT2D eigenvalue weighted by atomic mass is 32.1. The molecule has 1 atom stereocenters. The van der Waals surface area contributed by atoms with Crippen LogP contribution in [0.4, 0.5) is 0 Å². The maximum Gasteiger partial charge on any atom is 0.331 e. The number of hydrogen-bond acceptors (Lipinski definition) is 5. The molecular formula is C18H23N5O4S. The molecular weight excluding hydrogens is 382 g/mol. The van der Waals surface area contributed by atoms with Gasteiger partial charge in [0.15, 0.2) is 5.11 Å². The Labute approximate surface area is 167 Å². The number of thiocarbonyl (C=S) groups is 1. The summed E-state index contributed by atoms with van der Waals surface area (Å²) in [5.41, 5.74) is 4.67. The van der Waals surface area contributed by atoms with Crippen molar-refractivity contribution in [2.24, 2.45) is 0 Å². The fraction of sp³-hybridized carbons (Fsp3) is 0.333. The third kappa shape index (κ3) is 6.32. The van der Waals surface area contributed by atoms with Gasteiger partial charge in [0.25, 0.3) is 11.5 Å². The summed E-state index contributed by atoms with van der Waals surface area (Å²) in [5, 5.41) is 3.10. The SMILES string of the molecule is COC[C@@H](C)NC(=S)NNC(=O)Cn1c(=O)ccn(Cc2ccccc2)c1=O. The van der Waals surface area contributed by atoms with E-state index in [0.29, 0.717) is 13.2 Å². The van der Waals surface area contributed by atoms with E-state index in [4.69, 9.17) is 17.0 Å². The van der Waals surface area contributed by atoms with Gasteiger partial charge in [-0.05, 0) is 24.7 Å². The Morgan fingerprint density at radius 2 is 1.89 bits per heavy atom. The lowest BCUT2D eigenvalue weighted by Crippen LogP contribution is -2.52. The summed E-state index contributed by atoms with van der Waals surface area (Å²) in [6, 6.07) is 10.5. The van der Waals surface area contributed by atoms with Crippen LogP contribution < -0.4 is 27.4 Å². The highest BCUT2D eigenvalue weighted by Crippen LogP contribution is 1.99. The second-order valence-electron chi connectivity index (χ2n) is 6.14. The summed E-state index contributed by atoms with van der Waals surface area (Å²) in [6.45, 7) is 2.16. The lowest BCUT2D eigenvalue weighted by Gasteiger charge is -2.16. The Balaban J connectivity index is 2.00. The molecule has 150 valence electrons. The average molecular weight is 405 g/mol. The third-order valence-corrected chi connectivity index (χ3v) is 3.97. The molecule has 0 aliphatic heterocycles. The molecule has 0 fully saturated rings. The van der Waals surface area contributed by atoms with Crippen molar-refractivity contribution >= 4 is 23.2 Å². The summed E-state index contributed by atoms with van der Waals surface area (Å²) < 4.78 is 7.21. The predicted molar refractivity (Wildman–Crippen MR) is 109 cm³/mol. The number of ether oxygens (including phenoxy) is 1. The Bertz CT molecular complexity index is 926. The molecule has 1 aromatic heterocycles. The molecule has 0 unspecified atom stereocenters. The number of amides is 1. The molecule has 0 spiro atoms. The van der Waals surface area contributed by atoms with Crippen molar-refractivity contribution in [1.29, 1.82) is 0 Å². The van der Waals surface area contributed by atoms with Gasteiger partial charge in [0.1, 0.15) is 6.54 Å². The van der Waals surface area contributed by atoms with Crippen LogP contribution in [-0.4, -0.2) is 39.9 Å². The Morgan fingerprint density at radius 3 is 2.57 bits per heavy atom. The van der Waals surface area contributed by atoms with Gasteiger partial charge < -0.3 is 10.1 Å². The first-order valence-electron chi connectivity index (χ1n) is 8.59. The summed E-state index contributed by atoms with van der Waals surface area (Å²) in [4.78, 5) is 36.7. The summed E-state index contributed by atoms with van der Waals surface area (Å²) >= 11 is 5.05. The second kappa shape index (κ2) is 10.4. The Hall–Kier alpha value is -2.98. The molecule has 1 heterocycles. The zero-order valence-electron chi connectivity index (χ0n) is 15.7. The fourth-order valence-corrected chi connectivity index (χ4v) is 2.72. The number of carbonyl (C=O) groups excluding carboxylic acids is 1. The van der Waals surface area contributed by atoms with Crippen LogP contribution >= 0.6 is 12.2 Å². The van der Waals surface area contributed by atoms with Gasteiger partial charge in [-0.25, -0.2) is 4.79 Å². The molecule has 0 saturated carbocycles. The Kier molecular flexibility index (Phi) is 7.90. The van der Waals surface area contributed by atoms with E-state index in [1.54, 1.807) is 7.11 Å². The monoisotopic (exact) mass is 405 g/mol. The standard InChI is InChI=1S/C18H23N5O4S/c1-13(12-27-2)19-17(28)21-20-15(24)11-23-16(25)8-9-22(18(23)26)10-14-6-4-3-5-7-14/h3-9,13H,10-12H2,1-2H3,(H,20,24)(H2,19,21,28)/t13-/m1/s1. The normalized spacial score (nSPS) is 11.5. The number of carbonyl (C=O) groups is 1. The molecule has 1 amide bonds. The number of methoxy groups -OCH3 is 1. The molecule has 10 heteroatoms.